The van der Waals surface area contributed by atoms with Gasteiger partial charge in [0.1, 0.15) is 0 Å². The second kappa shape index (κ2) is 5.97. The van der Waals surface area contributed by atoms with Crippen molar-refractivity contribution in [3.8, 4) is 0 Å². The number of hydrogen-bond acceptors (Lipinski definition) is 3. The van der Waals surface area contributed by atoms with Crippen molar-refractivity contribution in [2.24, 2.45) is 5.92 Å². The number of rotatable bonds is 4. The summed E-state index contributed by atoms with van der Waals surface area (Å²) in [6.07, 6.45) is 0.826. The van der Waals surface area contributed by atoms with Crippen molar-refractivity contribution in [2.75, 3.05) is 4.90 Å². The molecule has 0 N–H and O–H groups in total. The second-order valence-corrected chi connectivity index (χ2v) is 5.43. The van der Waals surface area contributed by atoms with Crippen molar-refractivity contribution in [2.45, 2.75) is 27.2 Å². The van der Waals surface area contributed by atoms with Crippen LogP contribution in [0.4, 0.5) is 10.8 Å². The van der Waals surface area contributed by atoms with E-state index in [1.807, 2.05) is 56.5 Å². The van der Waals surface area contributed by atoms with Crippen molar-refractivity contribution < 1.29 is 4.79 Å². The van der Waals surface area contributed by atoms with Gasteiger partial charge >= 0.3 is 0 Å². The van der Waals surface area contributed by atoms with E-state index in [0.717, 1.165) is 22.9 Å². The van der Waals surface area contributed by atoms with Crippen LogP contribution in [0, 0.1) is 12.8 Å². The summed E-state index contributed by atoms with van der Waals surface area (Å²) >= 11 is 1.50. The highest BCUT2D eigenvalue weighted by Gasteiger charge is 2.24. The van der Waals surface area contributed by atoms with Crippen LogP contribution < -0.4 is 4.90 Å². The fourth-order valence-electron chi connectivity index (χ4n) is 1.75. The number of benzene rings is 1. The monoisotopic (exact) mass is 274 g/mol. The number of carbonyl (C=O) groups is 1. The molecule has 1 atom stereocenters. The highest BCUT2D eigenvalue weighted by molar-refractivity contribution is 7.14. The number of thiazole rings is 1. The molecule has 1 amide bonds. The number of aryl methyl sites for hydroxylation is 1. The molecule has 2 rings (SSSR count). The summed E-state index contributed by atoms with van der Waals surface area (Å²) in [5.74, 6) is 0.0902. The highest BCUT2D eigenvalue weighted by Crippen LogP contribution is 2.30. The van der Waals surface area contributed by atoms with Gasteiger partial charge in [0.05, 0.1) is 11.4 Å². The summed E-state index contributed by atoms with van der Waals surface area (Å²) in [6, 6.07) is 9.70. The van der Waals surface area contributed by atoms with E-state index in [4.69, 9.17) is 0 Å². The van der Waals surface area contributed by atoms with E-state index >= 15 is 0 Å². The zero-order valence-electron chi connectivity index (χ0n) is 11.5. The average molecular weight is 274 g/mol. The number of nitrogens with zero attached hydrogens (tertiary/aromatic N) is 2. The molecule has 1 unspecified atom stereocenters. The Morgan fingerprint density at radius 2 is 2.05 bits per heavy atom. The molecule has 19 heavy (non-hydrogen) atoms. The Morgan fingerprint density at radius 3 is 2.58 bits per heavy atom. The Morgan fingerprint density at radius 1 is 1.37 bits per heavy atom. The fraction of sp³-hybridized carbons (Fsp3) is 0.333. The number of anilines is 2. The van der Waals surface area contributed by atoms with Gasteiger partial charge in [0.2, 0.25) is 5.91 Å². The van der Waals surface area contributed by atoms with E-state index in [1.54, 1.807) is 4.90 Å². The summed E-state index contributed by atoms with van der Waals surface area (Å²) in [5.41, 5.74) is 1.82. The van der Waals surface area contributed by atoms with Gasteiger partial charge in [-0.05, 0) is 25.5 Å². The molecule has 1 aromatic carbocycles. The van der Waals surface area contributed by atoms with Crippen molar-refractivity contribution >= 4 is 28.1 Å². The first kappa shape index (κ1) is 13.7. The lowest BCUT2D eigenvalue weighted by atomic mass is 10.1. The predicted molar refractivity (Wildman–Crippen MR) is 79.9 cm³/mol. The van der Waals surface area contributed by atoms with Gasteiger partial charge in [-0.2, -0.15) is 0 Å². The lowest BCUT2D eigenvalue weighted by Crippen LogP contribution is -2.30. The van der Waals surface area contributed by atoms with Crippen LogP contribution >= 0.6 is 11.3 Å². The van der Waals surface area contributed by atoms with Crippen LogP contribution in [0.15, 0.2) is 35.7 Å². The third-order valence-corrected chi connectivity index (χ3v) is 4.01. The van der Waals surface area contributed by atoms with E-state index in [2.05, 4.69) is 4.98 Å². The van der Waals surface area contributed by atoms with E-state index < -0.39 is 0 Å². The van der Waals surface area contributed by atoms with E-state index in [1.165, 1.54) is 11.3 Å². The normalized spacial score (nSPS) is 12.2. The maximum Gasteiger partial charge on any atom is 0.236 e. The third-order valence-electron chi connectivity index (χ3n) is 3.07. The SMILES string of the molecule is CCC(C)C(=O)N(c1ccccc1)c1nc(C)cs1. The molecule has 100 valence electrons. The molecule has 0 bridgehead atoms. The highest BCUT2D eigenvalue weighted by atomic mass is 32.1. The molecule has 0 fully saturated rings. The Hall–Kier alpha value is -1.68. The number of aromatic nitrogens is 1. The van der Waals surface area contributed by atoms with Crippen LogP contribution in [0.25, 0.3) is 0 Å². The molecule has 3 nitrogen and oxygen atoms in total. The summed E-state index contributed by atoms with van der Waals surface area (Å²) in [7, 11) is 0. The van der Waals surface area contributed by atoms with Crippen LogP contribution in [0.1, 0.15) is 26.0 Å². The summed E-state index contributed by atoms with van der Waals surface area (Å²) in [4.78, 5) is 18.8. The van der Waals surface area contributed by atoms with Crippen LogP contribution in [0.5, 0.6) is 0 Å². The van der Waals surface area contributed by atoms with Gasteiger partial charge < -0.3 is 0 Å². The molecule has 0 aliphatic heterocycles. The molecule has 0 radical (unpaired) electrons. The predicted octanol–water partition coefficient (Wildman–Crippen LogP) is 4.16. The number of para-hydroxylation sites is 1. The molecule has 0 spiro atoms. The molecule has 4 heteroatoms. The first-order valence-corrected chi connectivity index (χ1v) is 7.32. The largest absolute Gasteiger partial charge is 0.274 e. The molecule has 1 heterocycles. The molecule has 0 saturated heterocycles. The van der Waals surface area contributed by atoms with Gasteiger partial charge in [0.15, 0.2) is 5.13 Å². The maximum absolute atomic E-state index is 12.6. The molecular weight excluding hydrogens is 256 g/mol. The Labute approximate surface area is 117 Å². The van der Waals surface area contributed by atoms with Crippen molar-refractivity contribution in [1.82, 2.24) is 4.98 Å². The van der Waals surface area contributed by atoms with E-state index in [9.17, 15) is 4.79 Å². The number of carbonyl (C=O) groups excluding carboxylic acids is 1. The van der Waals surface area contributed by atoms with E-state index in [-0.39, 0.29) is 11.8 Å². The van der Waals surface area contributed by atoms with Crippen LogP contribution in [-0.4, -0.2) is 10.9 Å². The smallest absolute Gasteiger partial charge is 0.236 e. The summed E-state index contributed by atoms with van der Waals surface area (Å²) in [6.45, 7) is 5.93. The first-order valence-electron chi connectivity index (χ1n) is 6.44. The zero-order valence-corrected chi connectivity index (χ0v) is 12.3. The molecular formula is C15H18N2OS. The maximum atomic E-state index is 12.6. The lowest BCUT2D eigenvalue weighted by Gasteiger charge is -2.23. The van der Waals surface area contributed by atoms with Crippen molar-refractivity contribution in [3.63, 3.8) is 0 Å². The molecule has 0 saturated carbocycles. The molecule has 2 aromatic rings. The molecule has 0 aliphatic carbocycles. The summed E-state index contributed by atoms with van der Waals surface area (Å²) in [5, 5.41) is 2.71. The Bertz CT molecular complexity index is 550. The third kappa shape index (κ3) is 3.01. The van der Waals surface area contributed by atoms with E-state index in [0.29, 0.717) is 0 Å². The topological polar surface area (TPSA) is 33.2 Å². The Kier molecular flexibility index (Phi) is 4.32. The average Bonchev–Trinajstić information content (AvgIpc) is 2.85. The van der Waals surface area contributed by atoms with Gasteiger partial charge in [0, 0.05) is 11.3 Å². The Balaban J connectivity index is 2.42. The standard InChI is InChI=1S/C15H18N2OS/c1-4-11(2)14(18)17(13-8-6-5-7-9-13)15-16-12(3)10-19-15/h5-11H,4H2,1-3H3. The molecule has 1 aromatic heterocycles. The van der Waals surface area contributed by atoms with Crippen LogP contribution in [0.3, 0.4) is 0 Å². The van der Waals surface area contributed by atoms with Crippen LogP contribution in [0.2, 0.25) is 0 Å². The quantitative estimate of drug-likeness (QED) is 0.838. The van der Waals surface area contributed by atoms with Gasteiger partial charge in [0.25, 0.3) is 0 Å². The second-order valence-electron chi connectivity index (χ2n) is 4.59. The van der Waals surface area contributed by atoms with Gasteiger partial charge in [-0.15, -0.1) is 11.3 Å². The minimum atomic E-state index is -0.00980. The lowest BCUT2D eigenvalue weighted by molar-refractivity contribution is -0.121. The minimum Gasteiger partial charge on any atom is -0.274 e. The van der Waals surface area contributed by atoms with Gasteiger partial charge in [-0.3, -0.25) is 9.69 Å². The number of hydrogen-bond donors (Lipinski definition) is 0. The number of amides is 1. The van der Waals surface area contributed by atoms with Crippen molar-refractivity contribution in [1.29, 1.82) is 0 Å². The van der Waals surface area contributed by atoms with Crippen molar-refractivity contribution in [3.05, 3.63) is 41.4 Å². The van der Waals surface area contributed by atoms with Gasteiger partial charge in [-0.25, -0.2) is 4.98 Å². The summed E-state index contributed by atoms with van der Waals surface area (Å²) < 4.78 is 0. The first-order chi connectivity index (χ1) is 9.13. The zero-order chi connectivity index (χ0) is 13.8. The fourth-order valence-corrected chi connectivity index (χ4v) is 2.57. The minimum absolute atomic E-state index is 0.00980. The van der Waals surface area contributed by atoms with Crippen LogP contribution in [-0.2, 0) is 4.79 Å². The van der Waals surface area contributed by atoms with Gasteiger partial charge in [-0.1, -0.05) is 32.0 Å². The molecule has 0 aliphatic rings.